The van der Waals surface area contributed by atoms with Crippen LogP contribution in [0.5, 0.6) is 0 Å². The maximum absolute atomic E-state index is 12.8. The molecule has 0 spiro atoms. The zero-order valence-electron chi connectivity index (χ0n) is 14.6. The van der Waals surface area contributed by atoms with Crippen LogP contribution in [-0.4, -0.2) is 31.7 Å². The summed E-state index contributed by atoms with van der Waals surface area (Å²) >= 11 is 11.8. The summed E-state index contributed by atoms with van der Waals surface area (Å²) in [6.07, 6.45) is 1.30. The van der Waals surface area contributed by atoms with E-state index in [4.69, 9.17) is 23.2 Å². The number of nitrogens with one attached hydrogen (secondary N) is 1. The highest BCUT2D eigenvalue weighted by Gasteiger charge is 2.32. The van der Waals surface area contributed by atoms with E-state index >= 15 is 0 Å². The van der Waals surface area contributed by atoms with Gasteiger partial charge in [-0.25, -0.2) is 12.7 Å². The fourth-order valence-corrected chi connectivity index (χ4v) is 5.03. The number of nitrogens with zero attached hydrogens (tertiary/aromatic N) is 1. The van der Waals surface area contributed by atoms with E-state index in [1.807, 2.05) is 0 Å². The third-order valence-electron chi connectivity index (χ3n) is 4.50. The van der Waals surface area contributed by atoms with Gasteiger partial charge < -0.3 is 5.32 Å². The number of hydrogen-bond acceptors (Lipinski definition) is 3. The fourth-order valence-electron chi connectivity index (χ4n) is 3.10. The molecule has 0 aliphatic carbocycles. The molecular weight excluding hydrogens is 407 g/mol. The molecule has 1 N–H and O–H groups in total. The molecule has 1 fully saturated rings. The molecule has 0 unspecified atom stereocenters. The molecule has 2 aromatic rings. The normalized spacial score (nSPS) is 18.2. The molecule has 1 saturated heterocycles. The van der Waals surface area contributed by atoms with Crippen molar-refractivity contribution in [2.24, 2.45) is 5.92 Å². The van der Waals surface area contributed by atoms with Gasteiger partial charge in [-0.05, 0) is 48.7 Å². The van der Waals surface area contributed by atoms with Gasteiger partial charge in [-0.3, -0.25) is 4.79 Å². The van der Waals surface area contributed by atoms with Gasteiger partial charge in [0.2, 0.25) is 15.9 Å². The summed E-state index contributed by atoms with van der Waals surface area (Å²) in [4.78, 5) is 12.6. The molecule has 0 aromatic heterocycles. The highest BCUT2D eigenvalue weighted by Crippen LogP contribution is 2.24. The Bertz CT molecular complexity index is 917. The first-order valence-electron chi connectivity index (χ1n) is 8.62. The Morgan fingerprint density at radius 1 is 1.11 bits per heavy atom. The number of amides is 1. The standard InChI is InChI=1S/C19H20Cl2N2O3S/c20-16-8-6-14(7-9-16)13-27(25,26)23-10-2-3-15(12-23)19(24)22-18-5-1-4-17(21)11-18/h1,4-9,11,15H,2-3,10,12-13H2,(H,22,24)/t15-/m1/s1. The van der Waals surface area contributed by atoms with Crippen molar-refractivity contribution >= 4 is 44.8 Å². The van der Waals surface area contributed by atoms with E-state index in [1.165, 1.54) is 4.31 Å². The lowest BCUT2D eigenvalue weighted by molar-refractivity contribution is -0.120. The minimum atomic E-state index is -3.51. The van der Waals surface area contributed by atoms with Crippen LogP contribution in [0.3, 0.4) is 0 Å². The molecule has 5 nitrogen and oxygen atoms in total. The number of halogens is 2. The molecule has 0 bridgehead atoms. The van der Waals surface area contributed by atoms with E-state index in [2.05, 4.69) is 5.32 Å². The van der Waals surface area contributed by atoms with E-state index in [0.717, 1.165) is 0 Å². The number of carbonyl (C=O) groups is 1. The summed E-state index contributed by atoms with van der Waals surface area (Å²) in [6, 6.07) is 13.6. The monoisotopic (exact) mass is 426 g/mol. The number of carbonyl (C=O) groups excluding carboxylic acids is 1. The predicted molar refractivity (Wildman–Crippen MR) is 108 cm³/mol. The quantitative estimate of drug-likeness (QED) is 0.779. The lowest BCUT2D eigenvalue weighted by Gasteiger charge is -2.31. The highest BCUT2D eigenvalue weighted by atomic mass is 35.5. The topological polar surface area (TPSA) is 66.5 Å². The fraction of sp³-hybridized carbons (Fsp3) is 0.316. The van der Waals surface area contributed by atoms with Crippen LogP contribution in [0.15, 0.2) is 48.5 Å². The average molecular weight is 427 g/mol. The van der Waals surface area contributed by atoms with Crippen molar-refractivity contribution in [3.63, 3.8) is 0 Å². The second-order valence-electron chi connectivity index (χ2n) is 6.58. The molecule has 144 valence electrons. The van der Waals surface area contributed by atoms with E-state index in [0.29, 0.717) is 40.7 Å². The maximum atomic E-state index is 12.8. The number of anilines is 1. The third-order valence-corrected chi connectivity index (χ3v) is 6.81. The summed E-state index contributed by atoms with van der Waals surface area (Å²) in [5.41, 5.74) is 1.28. The molecule has 3 rings (SSSR count). The number of sulfonamides is 1. The van der Waals surface area contributed by atoms with E-state index in [1.54, 1.807) is 48.5 Å². The van der Waals surface area contributed by atoms with Crippen molar-refractivity contribution in [1.82, 2.24) is 4.31 Å². The van der Waals surface area contributed by atoms with E-state index < -0.39 is 15.9 Å². The van der Waals surface area contributed by atoms with Crippen molar-refractivity contribution in [3.05, 3.63) is 64.1 Å². The van der Waals surface area contributed by atoms with Gasteiger partial charge >= 0.3 is 0 Å². The molecular formula is C19H20Cl2N2O3S. The Morgan fingerprint density at radius 3 is 2.56 bits per heavy atom. The van der Waals surface area contributed by atoms with Crippen LogP contribution in [-0.2, 0) is 20.6 Å². The minimum Gasteiger partial charge on any atom is -0.326 e. The van der Waals surface area contributed by atoms with E-state index in [9.17, 15) is 13.2 Å². The summed E-state index contributed by atoms with van der Waals surface area (Å²) in [7, 11) is -3.51. The highest BCUT2D eigenvalue weighted by molar-refractivity contribution is 7.88. The van der Waals surface area contributed by atoms with Crippen molar-refractivity contribution in [3.8, 4) is 0 Å². The van der Waals surface area contributed by atoms with Gasteiger partial charge in [0.15, 0.2) is 0 Å². The second-order valence-corrected chi connectivity index (χ2v) is 9.42. The van der Waals surface area contributed by atoms with Gasteiger partial charge in [0.25, 0.3) is 0 Å². The first-order chi connectivity index (χ1) is 12.8. The largest absolute Gasteiger partial charge is 0.326 e. The Labute approximate surface area is 169 Å². The molecule has 2 aromatic carbocycles. The molecule has 1 atom stereocenters. The molecule has 1 heterocycles. The van der Waals surface area contributed by atoms with Crippen LogP contribution in [0.4, 0.5) is 5.69 Å². The number of piperidine rings is 1. The predicted octanol–water partition coefficient (Wildman–Crippen LogP) is 4.17. The lowest BCUT2D eigenvalue weighted by atomic mass is 9.99. The molecule has 27 heavy (non-hydrogen) atoms. The number of rotatable bonds is 5. The summed E-state index contributed by atoms with van der Waals surface area (Å²) < 4.78 is 26.9. The molecule has 8 heteroatoms. The Hall–Kier alpha value is -1.60. The maximum Gasteiger partial charge on any atom is 0.228 e. The van der Waals surface area contributed by atoms with Crippen molar-refractivity contribution < 1.29 is 13.2 Å². The molecule has 0 radical (unpaired) electrons. The van der Waals surface area contributed by atoms with Crippen LogP contribution in [0, 0.1) is 5.92 Å². The lowest BCUT2D eigenvalue weighted by Crippen LogP contribution is -2.44. The molecule has 1 aliphatic rings. The van der Waals surface area contributed by atoms with Gasteiger partial charge in [-0.15, -0.1) is 0 Å². The van der Waals surface area contributed by atoms with Gasteiger partial charge in [-0.2, -0.15) is 0 Å². The number of benzene rings is 2. The SMILES string of the molecule is O=C(Nc1cccc(Cl)c1)[C@@H]1CCCN(S(=O)(=O)Cc2ccc(Cl)cc2)C1. The first-order valence-corrected chi connectivity index (χ1v) is 11.0. The van der Waals surface area contributed by atoms with Gasteiger partial charge in [0, 0.05) is 28.8 Å². The number of hydrogen-bond donors (Lipinski definition) is 1. The van der Waals surface area contributed by atoms with Crippen LogP contribution >= 0.6 is 23.2 Å². The molecule has 1 aliphatic heterocycles. The zero-order chi connectivity index (χ0) is 19.4. The summed E-state index contributed by atoms with van der Waals surface area (Å²) in [5.74, 6) is -0.686. The minimum absolute atomic E-state index is 0.104. The Morgan fingerprint density at radius 2 is 1.85 bits per heavy atom. The summed E-state index contributed by atoms with van der Waals surface area (Å²) in [5, 5.41) is 3.91. The van der Waals surface area contributed by atoms with Gasteiger partial charge in [0.1, 0.15) is 0 Å². The zero-order valence-corrected chi connectivity index (χ0v) is 16.9. The van der Waals surface area contributed by atoms with Gasteiger partial charge in [-0.1, -0.05) is 41.4 Å². The molecule has 0 saturated carbocycles. The van der Waals surface area contributed by atoms with Crippen LogP contribution < -0.4 is 5.32 Å². The Kier molecular flexibility index (Phi) is 6.42. The van der Waals surface area contributed by atoms with Crippen molar-refractivity contribution in [2.45, 2.75) is 18.6 Å². The van der Waals surface area contributed by atoms with Crippen LogP contribution in [0.25, 0.3) is 0 Å². The second kappa shape index (κ2) is 8.61. The average Bonchev–Trinajstić information content (AvgIpc) is 2.63. The Balaban J connectivity index is 1.65. The smallest absolute Gasteiger partial charge is 0.228 e. The summed E-state index contributed by atoms with van der Waals surface area (Å²) in [6.45, 7) is 0.610. The molecule has 1 amide bonds. The van der Waals surface area contributed by atoms with Crippen LogP contribution in [0.2, 0.25) is 10.0 Å². The van der Waals surface area contributed by atoms with Crippen LogP contribution in [0.1, 0.15) is 18.4 Å². The first kappa shape index (κ1) is 20.1. The third kappa shape index (κ3) is 5.45. The van der Waals surface area contributed by atoms with E-state index in [-0.39, 0.29) is 18.2 Å². The van der Waals surface area contributed by atoms with Crippen molar-refractivity contribution in [2.75, 3.05) is 18.4 Å². The van der Waals surface area contributed by atoms with Crippen molar-refractivity contribution in [1.29, 1.82) is 0 Å². The van der Waals surface area contributed by atoms with Gasteiger partial charge in [0.05, 0.1) is 11.7 Å².